The van der Waals surface area contributed by atoms with Crippen molar-refractivity contribution in [3.05, 3.63) is 83.9 Å². The minimum atomic E-state index is 0.516. The molecule has 0 amide bonds. The molecule has 0 heterocycles. The van der Waals surface area contributed by atoms with Gasteiger partial charge in [0, 0.05) is 5.92 Å². The van der Waals surface area contributed by atoms with Gasteiger partial charge in [0.1, 0.15) is 0 Å². The van der Waals surface area contributed by atoms with Gasteiger partial charge >= 0.3 is 0 Å². The summed E-state index contributed by atoms with van der Waals surface area (Å²) in [4.78, 5) is 0. The van der Waals surface area contributed by atoms with Crippen molar-refractivity contribution in [3.63, 3.8) is 0 Å². The minimum absolute atomic E-state index is 0.516. The molecule has 0 aromatic heterocycles. The molecular formula is C30H40N2. The van der Waals surface area contributed by atoms with Gasteiger partial charge in [-0.15, -0.1) is 6.58 Å². The van der Waals surface area contributed by atoms with Crippen LogP contribution in [0, 0.1) is 11.8 Å². The van der Waals surface area contributed by atoms with E-state index in [1.54, 1.807) is 0 Å². The number of unbranched alkanes of at least 4 members (excludes halogenated alkanes) is 3. The third kappa shape index (κ3) is 7.89. The Balaban J connectivity index is 1.63. The number of rotatable bonds is 12. The first-order valence-electron chi connectivity index (χ1n) is 12.7. The Morgan fingerprint density at radius 2 is 1.69 bits per heavy atom. The molecule has 1 aliphatic carbocycles. The van der Waals surface area contributed by atoms with Crippen LogP contribution >= 0.6 is 0 Å². The number of allylic oxidation sites excluding steroid dienone is 1. The largest absolute Gasteiger partial charge is 0.158 e. The Labute approximate surface area is 195 Å². The molecule has 1 aliphatic rings. The van der Waals surface area contributed by atoms with E-state index in [2.05, 4.69) is 73.2 Å². The molecule has 0 spiro atoms. The van der Waals surface area contributed by atoms with E-state index in [-0.39, 0.29) is 0 Å². The SMILES string of the molecule is C=CCCc1ccc(C=NN=C(c2ccccc2)C2CCC(CCCCCC)CC2)cc1. The molecule has 1 fully saturated rings. The van der Waals surface area contributed by atoms with E-state index < -0.39 is 0 Å². The Bertz CT molecular complexity index is 840. The van der Waals surface area contributed by atoms with E-state index in [0.29, 0.717) is 5.92 Å². The maximum Gasteiger partial charge on any atom is 0.0733 e. The van der Waals surface area contributed by atoms with E-state index in [9.17, 15) is 0 Å². The van der Waals surface area contributed by atoms with Crippen LogP contribution in [0.25, 0.3) is 0 Å². The molecule has 3 rings (SSSR count). The number of nitrogens with zero attached hydrogens (tertiary/aromatic N) is 2. The summed E-state index contributed by atoms with van der Waals surface area (Å²) in [5.74, 6) is 1.42. The zero-order valence-corrected chi connectivity index (χ0v) is 19.9. The quantitative estimate of drug-likeness (QED) is 0.140. The predicted molar refractivity (Wildman–Crippen MR) is 140 cm³/mol. The highest BCUT2D eigenvalue weighted by Crippen LogP contribution is 2.34. The van der Waals surface area contributed by atoms with Gasteiger partial charge in [0.2, 0.25) is 0 Å². The molecule has 0 unspecified atom stereocenters. The van der Waals surface area contributed by atoms with Crippen molar-refractivity contribution in [1.29, 1.82) is 0 Å². The van der Waals surface area contributed by atoms with E-state index >= 15 is 0 Å². The van der Waals surface area contributed by atoms with Gasteiger partial charge in [0.15, 0.2) is 0 Å². The maximum absolute atomic E-state index is 4.77. The van der Waals surface area contributed by atoms with Gasteiger partial charge in [-0.05, 0) is 61.1 Å². The van der Waals surface area contributed by atoms with Crippen molar-refractivity contribution in [2.45, 2.75) is 77.6 Å². The van der Waals surface area contributed by atoms with Crippen LogP contribution in [-0.4, -0.2) is 11.9 Å². The third-order valence-corrected chi connectivity index (χ3v) is 6.76. The van der Waals surface area contributed by atoms with Crippen molar-refractivity contribution in [2.24, 2.45) is 22.0 Å². The number of hydrogen-bond acceptors (Lipinski definition) is 2. The first-order chi connectivity index (χ1) is 15.8. The molecule has 0 atom stereocenters. The summed E-state index contributed by atoms with van der Waals surface area (Å²) in [7, 11) is 0. The molecule has 0 aliphatic heterocycles. The minimum Gasteiger partial charge on any atom is -0.158 e. The van der Waals surface area contributed by atoms with E-state index in [4.69, 9.17) is 5.10 Å². The Morgan fingerprint density at radius 1 is 0.938 bits per heavy atom. The van der Waals surface area contributed by atoms with Crippen molar-refractivity contribution in [3.8, 4) is 0 Å². The van der Waals surface area contributed by atoms with Gasteiger partial charge in [0.25, 0.3) is 0 Å². The smallest absolute Gasteiger partial charge is 0.0733 e. The van der Waals surface area contributed by atoms with Gasteiger partial charge in [-0.3, -0.25) is 0 Å². The topological polar surface area (TPSA) is 24.7 Å². The van der Waals surface area contributed by atoms with Gasteiger partial charge in [-0.2, -0.15) is 10.2 Å². The zero-order valence-electron chi connectivity index (χ0n) is 19.9. The van der Waals surface area contributed by atoms with Gasteiger partial charge in [0.05, 0.1) is 11.9 Å². The molecule has 32 heavy (non-hydrogen) atoms. The fraction of sp³-hybridized carbons (Fsp3) is 0.467. The number of benzene rings is 2. The Hall–Kier alpha value is -2.48. The molecule has 0 saturated heterocycles. The Morgan fingerprint density at radius 3 is 2.38 bits per heavy atom. The van der Waals surface area contributed by atoms with Crippen LogP contribution in [0.4, 0.5) is 0 Å². The van der Waals surface area contributed by atoms with Crippen LogP contribution in [0.15, 0.2) is 77.5 Å². The monoisotopic (exact) mass is 428 g/mol. The number of hydrogen-bond donors (Lipinski definition) is 0. The summed E-state index contributed by atoms with van der Waals surface area (Å²) in [6.07, 6.45) is 18.0. The summed E-state index contributed by atoms with van der Waals surface area (Å²) in [5.41, 5.74) is 4.81. The summed E-state index contributed by atoms with van der Waals surface area (Å²) in [6.45, 7) is 6.09. The number of aryl methyl sites for hydroxylation is 1. The lowest BCUT2D eigenvalue weighted by Gasteiger charge is -2.29. The first kappa shape index (κ1) is 24.2. The van der Waals surface area contributed by atoms with Crippen LogP contribution in [0.3, 0.4) is 0 Å². The molecule has 2 aromatic rings. The fourth-order valence-corrected chi connectivity index (χ4v) is 4.77. The highest BCUT2D eigenvalue weighted by atomic mass is 15.2. The van der Waals surface area contributed by atoms with Crippen LogP contribution in [0.5, 0.6) is 0 Å². The maximum atomic E-state index is 4.77. The lowest BCUT2D eigenvalue weighted by atomic mass is 9.76. The van der Waals surface area contributed by atoms with Crippen LogP contribution in [0.1, 0.15) is 87.8 Å². The van der Waals surface area contributed by atoms with Gasteiger partial charge < -0.3 is 0 Å². The average Bonchev–Trinajstić information content (AvgIpc) is 2.85. The molecule has 0 bridgehead atoms. The lowest BCUT2D eigenvalue weighted by Crippen LogP contribution is -2.22. The van der Waals surface area contributed by atoms with Crippen molar-refractivity contribution < 1.29 is 0 Å². The van der Waals surface area contributed by atoms with E-state index in [0.717, 1.165) is 30.0 Å². The van der Waals surface area contributed by atoms with Crippen molar-refractivity contribution in [1.82, 2.24) is 0 Å². The summed E-state index contributed by atoms with van der Waals surface area (Å²) < 4.78 is 0. The van der Waals surface area contributed by atoms with E-state index in [1.807, 2.05) is 12.3 Å². The standard InChI is InChI=1S/C30H40N2/c1-3-5-7-9-13-26-20-22-29(23-21-26)30(28-14-10-8-11-15-28)32-31-24-27-18-16-25(17-19-27)12-6-4-2/h4,8,10-11,14-19,24,26,29H,2-3,5-7,9,12-13,20-23H2,1H3. The molecule has 170 valence electrons. The van der Waals surface area contributed by atoms with Crippen molar-refractivity contribution in [2.75, 3.05) is 0 Å². The average molecular weight is 429 g/mol. The molecular weight excluding hydrogens is 388 g/mol. The molecule has 2 nitrogen and oxygen atoms in total. The van der Waals surface area contributed by atoms with E-state index in [1.165, 1.54) is 68.9 Å². The summed E-state index contributed by atoms with van der Waals surface area (Å²) in [6, 6.07) is 19.3. The lowest BCUT2D eigenvalue weighted by molar-refractivity contribution is 0.298. The zero-order chi connectivity index (χ0) is 22.4. The second kappa shape index (κ2) is 13.8. The van der Waals surface area contributed by atoms with Crippen LogP contribution in [-0.2, 0) is 6.42 Å². The van der Waals surface area contributed by atoms with Crippen molar-refractivity contribution >= 4 is 11.9 Å². The van der Waals surface area contributed by atoms with Crippen LogP contribution in [0.2, 0.25) is 0 Å². The third-order valence-electron chi connectivity index (χ3n) is 6.76. The van der Waals surface area contributed by atoms with Crippen LogP contribution < -0.4 is 0 Å². The highest BCUT2D eigenvalue weighted by Gasteiger charge is 2.25. The Kier molecular flexibility index (Phi) is 10.4. The molecule has 1 saturated carbocycles. The molecule has 0 radical (unpaired) electrons. The first-order valence-corrected chi connectivity index (χ1v) is 12.7. The van der Waals surface area contributed by atoms with Gasteiger partial charge in [-0.25, -0.2) is 0 Å². The van der Waals surface area contributed by atoms with Gasteiger partial charge in [-0.1, -0.05) is 99.7 Å². The fourth-order valence-electron chi connectivity index (χ4n) is 4.77. The second-order valence-electron chi connectivity index (χ2n) is 9.23. The normalized spacial score (nSPS) is 19.3. The second-order valence-corrected chi connectivity index (χ2v) is 9.23. The molecule has 2 aromatic carbocycles. The summed E-state index contributed by atoms with van der Waals surface area (Å²) >= 11 is 0. The summed E-state index contributed by atoms with van der Waals surface area (Å²) in [5, 5.41) is 9.29. The molecule has 2 heteroatoms. The predicted octanol–water partition coefficient (Wildman–Crippen LogP) is 8.41. The molecule has 0 N–H and O–H groups in total. The highest BCUT2D eigenvalue weighted by molar-refractivity contribution is 6.02.